The SMILES string of the molecule is COc1cccc2sc(N3CCN(CCNC(=O)c4ccc(S(=O)(=O)N5CCCc6ccccc65)cc4)CC3)nc12. The van der Waals surface area contributed by atoms with Crippen LogP contribution in [0.3, 0.4) is 0 Å². The number of aryl methyl sites for hydroxylation is 1. The summed E-state index contributed by atoms with van der Waals surface area (Å²) in [5.41, 5.74) is 3.13. The Morgan fingerprint density at radius 1 is 0.976 bits per heavy atom. The quantitative estimate of drug-likeness (QED) is 0.331. The smallest absolute Gasteiger partial charge is 0.264 e. The maximum Gasteiger partial charge on any atom is 0.264 e. The van der Waals surface area contributed by atoms with Gasteiger partial charge in [-0.1, -0.05) is 35.6 Å². The predicted molar refractivity (Wildman–Crippen MR) is 163 cm³/mol. The summed E-state index contributed by atoms with van der Waals surface area (Å²) in [5.74, 6) is 0.586. The minimum absolute atomic E-state index is 0.190. The number of carbonyl (C=O) groups excluding carboxylic acids is 1. The Kier molecular flexibility index (Phi) is 7.83. The number of para-hydroxylation sites is 2. The standard InChI is InChI=1S/C30H33N5O4S2/c1-39-26-9-4-10-27-28(26)32-30(40-27)34-20-18-33(19-21-34)17-15-31-29(36)23-11-13-24(14-12-23)41(37,38)35-16-5-7-22-6-2-3-8-25(22)35/h2-4,6,8-14H,5,7,15-21H2,1H3,(H,31,36). The number of fused-ring (bicyclic) bond motifs is 2. The van der Waals surface area contributed by atoms with E-state index >= 15 is 0 Å². The topological polar surface area (TPSA) is 95.1 Å². The lowest BCUT2D eigenvalue weighted by Crippen LogP contribution is -2.48. The number of methoxy groups -OCH3 is 1. The lowest BCUT2D eigenvalue weighted by Gasteiger charge is -2.34. The number of sulfonamides is 1. The Bertz CT molecular complexity index is 1650. The number of carbonyl (C=O) groups is 1. The number of piperazine rings is 1. The van der Waals surface area contributed by atoms with E-state index in [-0.39, 0.29) is 10.8 Å². The van der Waals surface area contributed by atoms with Gasteiger partial charge in [0.25, 0.3) is 15.9 Å². The summed E-state index contributed by atoms with van der Waals surface area (Å²) >= 11 is 1.68. The van der Waals surface area contributed by atoms with Crippen molar-refractivity contribution in [2.45, 2.75) is 17.7 Å². The molecule has 0 radical (unpaired) electrons. The molecule has 0 saturated carbocycles. The Morgan fingerprint density at radius 3 is 2.54 bits per heavy atom. The average molecular weight is 592 g/mol. The monoisotopic (exact) mass is 591 g/mol. The number of hydrogen-bond donors (Lipinski definition) is 1. The van der Waals surface area contributed by atoms with Gasteiger partial charge in [0, 0.05) is 51.4 Å². The van der Waals surface area contributed by atoms with Crippen LogP contribution >= 0.6 is 11.3 Å². The van der Waals surface area contributed by atoms with Gasteiger partial charge in [0.15, 0.2) is 5.13 Å². The third-order valence-electron chi connectivity index (χ3n) is 7.72. The highest BCUT2D eigenvalue weighted by Gasteiger charge is 2.29. The molecule has 1 fully saturated rings. The molecule has 0 bridgehead atoms. The van der Waals surface area contributed by atoms with Gasteiger partial charge < -0.3 is 15.0 Å². The zero-order valence-electron chi connectivity index (χ0n) is 23.0. The first kappa shape index (κ1) is 27.5. The average Bonchev–Trinajstić information content (AvgIpc) is 3.46. The van der Waals surface area contributed by atoms with Crippen molar-refractivity contribution in [2.75, 3.05) is 62.1 Å². The number of aromatic nitrogens is 1. The second-order valence-electron chi connectivity index (χ2n) is 10.2. The van der Waals surface area contributed by atoms with E-state index in [0.29, 0.717) is 18.7 Å². The van der Waals surface area contributed by atoms with Crippen LogP contribution in [-0.4, -0.2) is 77.1 Å². The van der Waals surface area contributed by atoms with Gasteiger partial charge in [0.1, 0.15) is 11.3 Å². The van der Waals surface area contributed by atoms with E-state index < -0.39 is 10.0 Å². The van der Waals surface area contributed by atoms with E-state index in [1.165, 1.54) is 16.4 Å². The van der Waals surface area contributed by atoms with Gasteiger partial charge in [0.2, 0.25) is 0 Å². The number of ether oxygens (including phenoxy) is 1. The molecule has 3 heterocycles. The van der Waals surface area contributed by atoms with Crippen molar-refractivity contribution in [2.24, 2.45) is 0 Å². The molecule has 2 aliphatic heterocycles. The third-order valence-corrected chi connectivity index (χ3v) is 10.6. The first-order valence-electron chi connectivity index (χ1n) is 13.8. The lowest BCUT2D eigenvalue weighted by molar-refractivity contribution is 0.0947. The van der Waals surface area contributed by atoms with Crippen LogP contribution < -0.4 is 19.3 Å². The van der Waals surface area contributed by atoms with Crippen LogP contribution in [0.25, 0.3) is 10.2 Å². The summed E-state index contributed by atoms with van der Waals surface area (Å²) in [4.78, 5) is 22.4. The molecule has 0 unspecified atom stereocenters. The van der Waals surface area contributed by atoms with Crippen molar-refractivity contribution in [1.82, 2.24) is 15.2 Å². The lowest BCUT2D eigenvalue weighted by atomic mass is 10.0. The highest BCUT2D eigenvalue weighted by molar-refractivity contribution is 7.92. The molecule has 1 aromatic heterocycles. The maximum atomic E-state index is 13.4. The van der Waals surface area contributed by atoms with Gasteiger partial charge in [-0.2, -0.15) is 0 Å². The Balaban J connectivity index is 1.00. The van der Waals surface area contributed by atoms with Gasteiger partial charge in [-0.25, -0.2) is 13.4 Å². The van der Waals surface area contributed by atoms with Gasteiger partial charge in [-0.15, -0.1) is 0 Å². The summed E-state index contributed by atoms with van der Waals surface area (Å²) in [6.07, 6.45) is 1.65. The minimum atomic E-state index is -3.70. The summed E-state index contributed by atoms with van der Waals surface area (Å²) in [6.45, 7) is 5.21. The van der Waals surface area contributed by atoms with Crippen molar-refractivity contribution in [3.8, 4) is 5.75 Å². The van der Waals surface area contributed by atoms with Crippen LogP contribution in [-0.2, 0) is 16.4 Å². The largest absolute Gasteiger partial charge is 0.494 e. The zero-order chi connectivity index (χ0) is 28.4. The van der Waals surface area contributed by atoms with Crippen LogP contribution in [0, 0.1) is 0 Å². The number of thiazole rings is 1. The molecule has 9 nitrogen and oxygen atoms in total. The zero-order valence-corrected chi connectivity index (χ0v) is 24.6. The van der Waals surface area contributed by atoms with E-state index in [4.69, 9.17) is 9.72 Å². The van der Waals surface area contributed by atoms with Gasteiger partial charge in [-0.05, 0) is 60.9 Å². The first-order valence-corrected chi connectivity index (χ1v) is 16.1. The highest BCUT2D eigenvalue weighted by atomic mass is 32.2. The molecular formula is C30H33N5O4S2. The normalized spacial score (nSPS) is 16.0. The van der Waals surface area contributed by atoms with E-state index in [1.807, 2.05) is 36.4 Å². The molecule has 0 spiro atoms. The molecule has 214 valence electrons. The van der Waals surface area contributed by atoms with Crippen molar-refractivity contribution in [3.63, 3.8) is 0 Å². The molecule has 3 aromatic carbocycles. The van der Waals surface area contributed by atoms with Crippen molar-refractivity contribution >= 4 is 48.3 Å². The number of nitrogens with zero attached hydrogens (tertiary/aromatic N) is 4. The minimum Gasteiger partial charge on any atom is -0.494 e. The predicted octanol–water partition coefficient (Wildman–Crippen LogP) is 4.00. The van der Waals surface area contributed by atoms with Gasteiger partial charge in [0.05, 0.1) is 22.4 Å². The first-order chi connectivity index (χ1) is 19.9. The Morgan fingerprint density at radius 2 is 1.76 bits per heavy atom. The molecular weight excluding hydrogens is 558 g/mol. The number of nitrogens with one attached hydrogen (secondary N) is 1. The fourth-order valence-electron chi connectivity index (χ4n) is 5.46. The van der Waals surface area contributed by atoms with E-state index in [1.54, 1.807) is 30.6 Å². The Hall–Kier alpha value is -3.67. The van der Waals surface area contributed by atoms with Crippen LogP contribution in [0.1, 0.15) is 22.3 Å². The van der Waals surface area contributed by atoms with E-state index in [0.717, 1.165) is 77.9 Å². The van der Waals surface area contributed by atoms with Crippen LogP contribution in [0.2, 0.25) is 0 Å². The summed E-state index contributed by atoms with van der Waals surface area (Å²) in [7, 11) is -2.04. The Labute approximate surface area is 244 Å². The van der Waals surface area contributed by atoms with E-state index in [2.05, 4.69) is 21.2 Å². The maximum absolute atomic E-state index is 13.4. The number of anilines is 2. The number of amides is 1. The highest BCUT2D eigenvalue weighted by Crippen LogP contribution is 2.34. The molecule has 1 amide bonds. The molecule has 0 atom stereocenters. The molecule has 2 aliphatic rings. The fourth-order valence-corrected chi connectivity index (χ4v) is 8.03. The summed E-state index contributed by atoms with van der Waals surface area (Å²) in [6, 6.07) is 19.8. The fraction of sp³-hybridized carbons (Fsp3) is 0.333. The second-order valence-corrected chi connectivity index (χ2v) is 13.1. The molecule has 1 N–H and O–H groups in total. The second kappa shape index (κ2) is 11.7. The van der Waals surface area contributed by atoms with Crippen molar-refractivity contribution in [3.05, 3.63) is 77.9 Å². The van der Waals surface area contributed by atoms with Crippen LogP contribution in [0.4, 0.5) is 10.8 Å². The molecule has 0 aliphatic carbocycles. The van der Waals surface area contributed by atoms with Gasteiger partial charge in [-0.3, -0.25) is 14.0 Å². The summed E-state index contributed by atoms with van der Waals surface area (Å²) in [5, 5.41) is 3.98. The summed E-state index contributed by atoms with van der Waals surface area (Å²) < 4.78 is 34.8. The number of rotatable bonds is 8. The molecule has 6 rings (SSSR count). The van der Waals surface area contributed by atoms with Crippen LogP contribution in [0.15, 0.2) is 71.6 Å². The van der Waals surface area contributed by atoms with E-state index in [9.17, 15) is 13.2 Å². The van der Waals surface area contributed by atoms with Gasteiger partial charge >= 0.3 is 0 Å². The van der Waals surface area contributed by atoms with Crippen LogP contribution in [0.5, 0.6) is 5.75 Å². The third kappa shape index (κ3) is 5.61. The number of hydrogen-bond acceptors (Lipinski definition) is 8. The molecule has 11 heteroatoms. The molecule has 41 heavy (non-hydrogen) atoms. The molecule has 4 aromatic rings. The van der Waals surface area contributed by atoms with Crippen molar-refractivity contribution in [1.29, 1.82) is 0 Å². The van der Waals surface area contributed by atoms with Crippen molar-refractivity contribution < 1.29 is 17.9 Å². The molecule has 1 saturated heterocycles. The number of benzene rings is 3.